The molecular weight excluding hydrogens is 302 g/mol. The van der Waals surface area contributed by atoms with Crippen LogP contribution in [0, 0.1) is 17.8 Å². The van der Waals surface area contributed by atoms with Gasteiger partial charge in [0.1, 0.15) is 0 Å². The van der Waals surface area contributed by atoms with Crippen molar-refractivity contribution >= 4 is 5.91 Å². The van der Waals surface area contributed by atoms with E-state index in [2.05, 4.69) is 15.2 Å². The summed E-state index contributed by atoms with van der Waals surface area (Å²) >= 11 is 0. The maximum Gasteiger partial charge on any atom is 0.222 e. The van der Waals surface area contributed by atoms with E-state index < -0.39 is 0 Å². The van der Waals surface area contributed by atoms with Crippen LogP contribution in [0.15, 0.2) is 24.5 Å². The van der Waals surface area contributed by atoms with Crippen molar-refractivity contribution in [2.75, 3.05) is 26.2 Å². The number of likely N-dealkylation sites (tertiary alicyclic amines) is 1. The van der Waals surface area contributed by atoms with Crippen LogP contribution in [-0.2, 0) is 16.1 Å². The third-order valence-corrected chi connectivity index (χ3v) is 5.69. The zero-order chi connectivity index (χ0) is 16.4. The summed E-state index contributed by atoms with van der Waals surface area (Å²) in [6, 6.07) is 3.87. The predicted octanol–water partition coefficient (Wildman–Crippen LogP) is 1.83. The Morgan fingerprint density at radius 2 is 2.29 bits per heavy atom. The second-order valence-corrected chi connectivity index (χ2v) is 7.63. The zero-order valence-electron chi connectivity index (χ0n) is 14.2. The molecule has 1 aromatic heterocycles. The molecule has 3 atom stereocenters. The summed E-state index contributed by atoms with van der Waals surface area (Å²) in [7, 11) is 0. The number of aromatic nitrogens is 1. The fourth-order valence-corrected chi connectivity index (χ4v) is 4.16. The van der Waals surface area contributed by atoms with Gasteiger partial charge in [-0.3, -0.25) is 9.78 Å². The molecule has 3 aliphatic rings. The molecule has 0 spiro atoms. The summed E-state index contributed by atoms with van der Waals surface area (Å²) in [5.74, 6) is 2.22. The zero-order valence-corrected chi connectivity index (χ0v) is 14.2. The maximum atomic E-state index is 12.2. The summed E-state index contributed by atoms with van der Waals surface area (Å²) in [5.41, 5.74) is 1.03. The first-order chi connectivity index (χ1) is 11.8. The van der Waals surface area contributed by atoms with Crippen LogP contribution < -0.4 is 5.32 Å². The number of ether oxygens (including phenoxy) is 1. The fourth-order valence-electron chi connectivity index (χ4n) is 4.16. The number of pyridine rings is 1. The molecule has 2 aliphatic heterocycles. The number of carbonyl (C=O) groups is 1. The molecule has 130 valence electrons. The van der Waals surface area contributed by atoms with E-state index in [9.17, 15) is 4.79 Å². The number of piperidine rings is 1. The molecule has 1 saturated carbocycles. The lowest BCUT2D eigenvalue weighted by Crippen LogP contribution is -2.43. The molecule has 0 bridgehead atoms. The largest absolute Gasteiger partial charge is 0.377 e. The lowest BCUT2D eigenvalue weighted by Gasteiger charge is -2.35. The van der Waals surface area contributed by atoms with Crippen LogP contribution in [0.2, 0.25) is 0 Å². The second-order valence-electron chi connectivity index (χ2n) is 7.63. The van der Waals surface area contributed by atoms with Gasteiger partial charge in [0, 0.05) is 37.9 Å². The monoisotopic (exact) mass is 329 g/mol. The quantitative estimate of drug-likeness (QED) is 0.865. The number of amides is 1. The van der Waals surface area contributed by atoms with Crippen molar-refractivity contribution in [3.8, 4) is 0 Å². The minimum atomic E-state index is 0.0879. The van der Waals surface area contributed by atoms with E-state index in [1.54, 1.807) is 12.4 Å². The van der Waals surface area contributed by atoms with E-state index in [0.717, 1.165) is 24.6 Å². The number of hydrogen-bond acceptors (Lipinski definition) is 4. The molecule has 0 radical (unpaired) electrons. The highest BCUT2D eigenvalue weighted by atomic mass is 16.5. The van der Waals surface area contributed by atoms with Crippen molar-refractivity contribution in [3.05, 3.63) is 30.1 Å². The Balaban J connectivity index is 1.23. The highest BCUT2D eigenvalue weighted by Gasteiger charge is 2.42. The third kappa shape index (κ3) is 3.95. The molecular formula is C19H27N3O2. The van der Waals surface area contributed by atoms with Gasteiger partial charge in [-0.1, -0.05) is 6.07 Å². The Kier molecular flexibility index (Phi) is 4.81. The number of nitrogens with one attached hydrogen (secondary N) is 1. The Labute approximate surface area is 143 Å². The Morgan fingerprint density at radius 1 is 1.38 bits per heavy atom. The van der Waals surface area contributed by atoms with Crippen LogP contribution in [0.3, 0.4) is 0 Å². The first-order valence-corrected chi connectivity index (χ1v) is 9.27. The Bertz CT molecular complexity index is 561. The molecule has 1 N–H and O–H groups in total. The minimum absolute atomic E-state index is 0.0879. The van der Waals surface area contributed by atoms with E-state index in [4.69, 9.17) is 4.74 Å². The van der Waals surface area contributed by atoms with Gasteiger partial charge in [0.2, 0.25) is 5.91 Å². The van der Waals surface area contributed by atoms with Gasteiger partial charge in [-0.25, -0.2) is 0 Å². The Morgan fingerprint density at radius 3 is 3.08 bits per heavy atom. The van der Waals surface area contributed by atoms with Crippen molar-refractivity contribution in [2.24, 2.45) is 17.8 Å². The van der Waals surface area contributed by atoms with Crippen LogP contribution >= 0.6 is 0 Å². The molecule has 1 aromatic rings. The molecule has 24 heavy (non-hydrogen) atoms. The highest BCUT2D eigenvalue weighted by molar-refractivity contribution is 5.76. The first-order valence-electron chi connectivity index (χ1n) is 9.27. The number of carbonyl (C=O) groups excluding carboxylic acids is 1. The molecule has 0 aromatic carbocycles. The first kappa shape index (κ1) is 16.0. The molecule has 5 heteroatoms. The smallest absolute Gasteiger partial charge is 0.222 e. The average Bonchev–Trinajstić information content (AvgIpc) is 3.34. The molecule has 3 fully saturated rings. The molecule has 4 rings (SSSR count). The average molecular weight is 329 g/mol. The molecule has 1 amide bonds. The highest BCUT2D eigenvalue weighted by Crippen LogP contribution is 2.37. The van der Waals surface area contributed by atoms with Crippen molar-refractivity contribution < 1.29 is 9.53 Å². The van der Waals surface area contributed by atoms with Gasteiger partial charge in [-0.05, 0) is 49.3 Å². The van der Waals surface area contributed by atoms with E-state index in [1.807, 2.05) is 12.1 Å². The van der Waals surface area contributed by atoms with Crippen LogP contribution in [0.1, 0.15) is 31.2 Å². The van der Waals surface area contributed by atoms with Gasteiger partial charge in [0.15, 0.2) is 0 Å². The number of hydrogen-bond donors (Lipinski definition) is 1. The SMILES string of the molecule is O=C(C[C@H]1OC[C@H]2CN(CC3CC3)CC[C@H]21)NCc1cccnc1. The summed E-state index contributed by atoms with van der Waals surface area (Å²) in [6.07, 6.45) is 8.14. The predicted molar refractivity (Wildman–Crippen MR) is 91.2 cm³/mol. The van der Waals surface area contributed by atoms with Crippen LogP contribution in [-0.4, -0.2) is 48.1 Å². The number of fused-ring (bicyclic) bond motifs is 1. The maximum absolute atomic E-state index is 12.2. The summed E-state index contributed by atoms with van der Waals surface area (Å²) in [6.45, 7) is 4.98. The van der Waals surface area contributed by atoms with Crippen LogP contribution in [0.5, 0.6) is 0 Å². The van der Waals surface area contributed by atoms with Gasteiger partial charge >= 0.3 is 0 Å². The fraction of sp³-hybridized carbons (Fsp3) is 0.684. The lowest BCUT2D eigenvalue weighted by molar-refractivity contribution is -0.124. The van der Waals surface area contributed by atoms with Crippen molar-refractivity contribution in [1.29, 1.82) is 0 Å². The van der Waals surface area contributed by atoms with Gasteiger partial charge in [0.25, 0.3) is 0 Å². The second kappa shape index (κ2) is 7.19. The van der Waals surface area contributed by atoms with E-state index in [1.165, 1.54) is 32.4 Å². The van der Waals surface area contributed by atoms with Crippen molar-refractivity contribution in [1.82, 2.24) is 15.2 Å². The van der Waals surface area contributed by atoms with E-state index >= 15 is 0 Å². The normalized spacial score (nSPS) is 30.1. The molecule has 2 saturated heterocycles. The molecule has 0 unspecified atom stereocenters. The topological polar surface area (TPSA) is 54.5 Å². The summed E-state index contributed by atoms with van der Waals surface area (Å²) < 4.78 is 5.99. The van der Waals surface area contributed by atoms with Gasteiger partial charge < -0.3 is 15.0 Å². The minimum Gasteiger partial charge on any atom is -0.377 e. The van der Waals surface area contributed by atoms with Crippen LogP contribution in [0.4, 0.5) is 0 Å². The standard InChI is InChI=1S/C19H27N3O2/c23-19(21-10-15-2-1-6-20-9-15)8-18-17-5-7-22(11-14-3-4-14)12-16(17)13-24-18/h1-2,6,9,14,16-18H,3-5,7-8,10-13H2,(H,21,23)/t16-,17-,18-/m1/s1. The van der Waals surface area contributed by atoms with Gasteiger partial charge in [-0.15, -0.1) is 0 Å². The van der Waals surface area contributed by atoms with Crippen molar-refractivity contribution in [2.45, 2.75) is 38.3 Å². The van der Waals surface area contributed by atoms with Gasteiger partial charge in [-0.2, -0.15) is 0 Å². The third-order valence-electron chi connectivity index (χ3n) is 5.69. The molecule has 5 nitrogen and oxygen atoms in total. The lowest BCUT2D eigenvalue weighted by atomic mass is 9.83. The van der Waals surface area contributed by atoms with Crippen LogP contribution in [0.25, 0.3) is 0 Å². The number of nitrogens with zero attached hydrogens (tertiary/aromatic N) is 2. The molecule has 1 aliphatic carbocycles. The summed E-state index contributed by atoms with van der Waals surface area (Å²) in [5, 5.41) is 3.00. The van der Waals surface area contributed by atoms with E-state index in [0.29, 0.717) is 24.8 Å². The summed E-state index contributed by atoms with van der Waals surface area (Å²) in [4.78, 5) is 18.9. The van der Waals surface area contributed by atoms with Crippen molar-refractivity contribution in [3.63, 3.8) is 0 Å². The molecule has 3 heterocycles. The van der Waals surface area contributed by atoms with Gasteiger partial charge in [0.05, 0.1) is 19.1 Å². The Hall–Kier alpha value is -1.46. The van der Waals surface area contributed by atoms with E-state index in [-0.39, 0.29) is 12.0 Å². The number of rotatable bonds is 6.